The molecule has 0 atom stereocenters. The molecule has 0 radical (unpaired) electrons. The van der Waals surface area contributed by atoms with Gasteiger partial charge in [-0.25, -0.2) is 13.9 Å². The highest BCUT2D eigenvalue weighted by Gasteiger charge is 2.40. The Morgan fingerprint density at radius 1 is 1.17 bits per heavy atom. The maximum Gasteiger partial charge on any atom is 0.293 e. The molecule has 1 amide bonds. The predicted octanol–water partition coefficient (Wildman–Crippen LogP) is 3.42. The maximum absolute atomic E-state index is 14.5. The lowest BCUT2D eigenvalue weighted by Crippen LogP contribution is -2.49. The minimum atomic E-state index is -3.54. The summed E-state index contributed by atoms with van der Waals surface area (Å²) in [6.07, 6.45) is 0. The minimum Gasteiger partial charge on any atom is -0.446 e. The molecule has 0 spiro atoms. The first kappa shape index (κ1) is 24.5. The van der Waals surface area contributed by atoms with Gasteiger partial charge < -0.3 is 15.0 Å². The van der Waals surface area contributed by atoms with E-state index in [9.17, 15) is 27.2 Å². The van der Waals surface area contributed by atoms with E-state index >= 15 is 0 Å². The van der Waals surface area contributed by atoms with Gasteiger partial charge in [0.15, 0.2) is 11.6 Å². The molecule has 0 saturated heterocycles. The van der Waals surface area contributed by atoms with Gasteiger partial charge in [-0.15, -0.1) is 0 Å². The molecular weight excluding hydrogens is 482 g/mol. The van der Waals surface area contributed by atoms with Crippen molar-refractivity contribution >= 4 is 5.91 Å². The fraction of sp³-hybridized carbons (Fsp3) is 0.167. The molecule has 2 aromatic carbocycles. The van der Waals surface area contributed by atoms with Crippen molar-refractivity contribution in [3.8, 4) is 22.9 Å². The molecule has 8 nitrogen and oxygen atoms in total. The standard InChI is InChI=1S/C24H17F4N5O3/c1-24(27,28)21-20(36-18-4-2-3-14(10-29)19(18)26)23(35)33(12-30-21)11-16-9-17(22(34)32-31-16)13-5-7-15(25)8-6-13/h2-9,30H,11-12H2,1H3,(H,32,34). The molecule has 4 rings (SSSR count). The number of aromatic amines is 1. The smallest absolute Gasteiger partial charge is 0.293 e. The molecule has 0 unspecified atom stereocenters. The van der Waals surface area contributed by atoms with Gasteiger partial charge in [0.05, 0.1) is 30.0 Å². The van der Waals surface area contributed by atoms with Crippen molar-refractivity contribution in [2.45, 2.75) is 19.4 Å². The van der Waals surface area contributed by atoms with Crippen molar-refractivity contribution < 1.29 is 27.1 Å². The molecule has 0 saturated carbocycles. The van der Waals surface area contributed by atoms with Gasteiger partial charge in [-0.2, -0.15) is 19.1 Å². The highest BCUT2D eigenvalue weighted by molar-refractivity contribution is 5.93. The monoisotopic (exact) mass is 499 g/mol. The quantitative estimate of drug-likeness (QED) is 0.503. The number of nitrogens with zero attached hydrogens (tertiary/aromatic N) is 3. The van der Waals surface area contributed by atoms with Gasteiger partial charge in [-0.3, -0.25) is 9.59 Å². The van der Waals surface area contributed by atoms with Crippen LogP contribution in [0, 0.1) is 23.0 Å². The number of nitriles is 1. The first-order valence-corrected chi connectivity index (χ1v) is 10.4. The number of hydrogen-bond acceptors (Lipinski definition) is 6. The first-order chi connectivity index (χ1) is 17.1. The third kappa shape index (κ3) is 4.90. The molecule has 0 aliphatic carbocycles. The zero-order valence-electron chi connectivity index (χ0n) is 18.6. The van der Waals surface area contributed by atoms with Crippen LogP contribution >= 0.6 is 0 Å². The van der Waals surface area contributed by atoms with Crippen molar-refractivity contribution in [1.29, 1.82) is 5.26 Å². The number of allylic oxidation sites excluding steroid dienone is 1. The van der Waals surface area contributed by atoms with Crippen LogP contribution < -0.4 is 15.6 Å². The molecule has 36 heavy (non-hydrogen) atoms. The van der Waals surface area contributed by atoms with E-state index in [1.807, 2.05) is 0 Å². The van der Waals surface area contributed by atoms with E-state index in [2.05, 4.69) is 15.5 Å². The summed E-state index contributed by atoms with van der Waals surface area (Å²) in [6, 6.07) is 11.7. The number of aromatic nitrogens is 2. The van der Waals surface area contributed by atoms with Crippen LogP contribution in [0.1, 0.15) is 18.2 Å². The maximum atomic E-state index is 14.5. The number of carbonyl (C=O) groups excluding carboxylic acids is 1. The summed E-state index contributed by atoms with van der Waals surface area (Å²) in [5, 5.41) is 17.6. The summed E-state index contributed by atoms with van der Waals surface area (Å²) in [7, 11) is 0. The number of nitrogens with one attached hydrogen (secondary N) is 2. The van der Waals surface area contributed by atoms with Gasteiger partial charge in [0.25, 0.3) is 17.4 Å². The summed E-state index contributed by atoms with van der Waals surface area (Å²) >= 11 is 0. The highest BCUT2D eigenvalue weighted by atomic mass is 19.3. The fourth-order valence-corrected chi connectivity index (χ4v) is 3.51. The molecule has 1 aliphatic heterocycles. The molecule has 3 aromatic rings. The van der Waals surface area contributed by atoms with Crippen molar-refractivity contribution in [2.75, 3.05) is 6.67 Å². The van der Waals surface area contributed by atoms with Crippen LogP contribution in [-0.2, 0) is 11.3 Å². The Balaban J connectivity index is 1.66. The molecule has 184 valence electrons. The van der Waals surface area contributed by atoms with Crippen LogP contribution in [0.25, 0.3) is 11.1 Å². The number of carbonyl (C=O) groups is 1. The molecular formula is C24H17F4N5O3. The lowest BCUT2D eigenvalue weighted by Gasteiger charge is -2.32. The van der Waals surface area contributed by atoms with Crippen molar-refractivity contribution in [3.63, 3.8) is 0 Å². The second-order valence-corrected chi connectivity index (χ2v) is 7.87. The SMILES string of the molecule is CC(F)(F)C1=C(Oc2cccc(C#N)c2F)C(=O)N(Cc2cc(-c3ccc(F)cc3)c(=O)[nH]n2)CN1. The molecule has 0 bridgehead atoms. The van der Waals surface area contributed by atoms with Gasteiger partial charge >= 0.3 is 0 Å². The molecule has 0 fully saturated rings. The lowest BCUT2D eigenvalue weighted by atomic mass is 10.1. The first-order valence-electron chi connectivity index (χ1n) is 10.4. The Hall–Kier alpha value is -4.66. The number of halogens is 4. The fourth-order valence-electron chi connectivity index (χ4n) is 3.51. The molecule has 1 aromatic heterocycles. The van der Waals surface area contributed by atoms with Crippen LogP contribution in [0.3, 0.4) is 0 Å². The number of rotatable bonds is 6. The number of hydrogen-bond donors (Lipinski definition) is 2. The highest BCUT2D eigenvalue weighted by Crippen LogP contribution is 2.31. The number of amides is 1. The van der Waals surface area contributed by atoms with E-state index in [-0.39, 0.29) is 24.5 Å². The van der Waals surface area contributed by atoms with Crippen LogP contribution in [0.5, 0.6) is 5.75 Å². The normalized spacial score (nSPS) is 13.9. The van der Waals surface area contributed by atoms with Crippen molar-refractivity contribution in [2.24, 2.45) is 0 Å². The molecule has 2 heterocycles. The Morgan fingerprint density at radius 3 is 2.56 bits per heavy atom. The third-order valence-electron chi connectivity index (χ3n) is 5.25. The van der Waals surface area contributed by atoms with Crippen LogP contribution in [-0.4, -0.2) is 33.6 Å². The number of H-pyrrole nitrogens is 1. The van der Waals surface area contributed by atoms with Gasteiger partial charge in [0.2, 0.25) is 5.76 Å². The summed E-state index contributed by atoms with van der Waals surface area (Å²) < 4.78 is 61.6. The minimum absolute atomic E-state index is 0.153. The van der Waals surface area contributed by atoms with Crippen LogP contribution in [0.2, 0.25) is 0 Å². The van der Waals surface area contributed by atoms with Crippen LogP contribution in [0.15, 0.2) is 64.8 Å². The second-order valence-electron chi connectivity index (χ2n) is 7.87. The molecule has 12 heteroatoms. The second kappa shape index (κ2) is 9.53. The summed E-state index contributed by atoms with van der Waals surface area (Å²) in [5.41, 5.74) is -1.07. The van der Waals surface area contributed by atoms with Gasteiger partial charge in [-0.1, -0.05) is 18.2 Å². The van der Waals surface area contributed by atoms with Gasteiger partial charge in [-0.05, 0) is 35.9 Å². The average Bonchev–Trinajstić information content (AvgIpc) is 2.84. The van der Waals surface area contributed by atoms with Gasteiger partial charge in [0.1, 0.15) is 17.6 Å². The van der Waals surface area contributed by atoms with E-state index in [1.165, 1.54) is 42.5 Å². The van der Waals surface area contributed by atoms with Crippen molar-refractivity contribution in [1.82, 2.24) is 20.4 Å². The van der Waals surface area contributed by atoms with E-state index in [1.54, 1.807) is 6.07 Å². The van der Waals surface area contributed by atoms with Crippen LogP contribution in [0.4, 0.5) is 17.6 Å². The Bertz CT molecular complexity index is 1460. The lowest BCUT2D eigenvalue weighted by molar-refractivity contribution is -0.132. The Labute approximate surface area is 201 Å². The number of alkyl halides is 2. The molecule has 2 N–H and O–H groups in total. The Kier molecular flexibility index (Phi) is 6.48. The summed E-state index contributed by atoms with van der Waals surface area (Å²) in [5.74, 6) is -7.57. The average molecular weight is 499 g/mol. The molecule has 1 aliphatic rings. The third-order valence-corrected chi connectivity index (χ3v) is 5.25. The number of benzene rings is 2. The van der Waals surface area contributed by atoms with Gasteiger partial charge in [0, 0.05) is 6.92 Å². The summed E-state index contributed by atoms with van der Waals surface area (Å²) in [6.45, 7) is -0.0625. The largest absolute Gasteiger partial charge is 0.446 e. The number of ether oxygens (including phenoxy) is 1. The predicted molar refractivity (Wildman–Crippen MR) is 118 cm³/mol. The zero-order chi connectivity index (χ0) is 26.0. The van der Waals surface area contributed by atoms with E-state index < -0.39 is 51.8 Å². The van der Waals surface area contributed by atoms with E-state index in [0.29, 0.717) is 12.5 Å². The topological polar surface area (TPSA) is 111 Å². The van der Waals surface area contributed by atoms with E-state index in [4.69, 9.17) is 10.00 Å². The summed E-state index contributed by atoms with van der Waals surface area (Å²) in [4.78, 5) is 26.5. The Morgan fingerprint density at radius 2 is 1.89 bits per heavy atom. The zero-order valence-corrected chi connectivity index (χ0v) is 18.6. The van der Waals surface area contributed by atoms with Crippen molar-refractivity contribution in [3.05, 3.63) is 93.2 Å². The van der Waals surface area contributed by atoms with E-state index in [0.717, 1.165) is 11.0 Å².